The van der Waals surface area contributed by atoms with Gasteiger partial charge < -0.3 is 10.8 Å². The first kappa shape index (κ1) is 12.2. The Morgan fingerprint density at radius 3 is 2.76 bits per heavy atom. The molecule has 1 aromatic heterocycles. The predicted molar refractivity (Wildman–Crippen MR) is 68.3 cm³/mol. The number of hydrogen-bond donors (Lipinski definition) is 2. The third-order valence-electron chi connectivity index (χ3n) is 2.98. The molecule has 17 heavy (non-hydrogen) atoms. The lowest BCUT2D eigenvalue weighted by molar-refractivity contribution is 0.0697. The van der Waals surface area contributed by atoms with E-state index < -0.39 is 5.97 Å². The van der Waals surface area contributed by atoms with Crippen LogP contribution in [0, 0.1) is 0 Å². The van der Waals surface area contributed by atoms with E-state index in [1.165, 1.54) is 38.3 Å². The van der Waals surface area contributed by atoms with Gasteiger partial charge in [-0.2, -0.15) is 0 Å². The van der Waals surface area contributed by atoms with Gasteiger partial charge in [-0.15, -0.1) is 11.8 Å². The van der Waals surface area contributed by atoms with Gasteiger partial charge in [0.1, 0.15) is 0 Å². The maximum Gasteiger partial charge on any atom is 0.337 e. The Kier molecular flexibility index (Phi) is 3.89. The van der Waals surface area contributed by atoms with Gasteiger partial charge in [-0.25, -0.2) is 9.78 Å². The van der Waals surface area contributed by atoms with Crippen LogP contribution in [0.4, 0.5) is 5.69 Å². The second kappa shape index (κ2) is 5.40. The SMILES string of the molecule is Nc1cnc(SC2CCCCC2)cc1C(=O)O. The molecule has 5 heteroatoms. The number of carbonyl (C=O) groups is 1. The lowest BCUT2D eigenvalue weighted by Gasteiger charge is -2.20. The number of hydrogen-bond acceptors (Lipinski definition) is 4. The van der Waals surface area contributed by atoms with Crippen LogP contribution in [0.1, 0.15) is 42.5 Å². The lowest BCUT2D eigenvalue weighted by atomic mass is 10.0. The zero-order valence-corrected chi connectivity index (χ0v) is 10.4. The van der Waals surface area contributed by atoms with E-state index >= 15 is 0 Å². The summed E-state index contributed by atoms with van der Waals surface area (Å²) in [6, 6.07) is 1.58. The summed E-state index contributed by atoms with van der Waals surface area (Å²) in [6.07, 6.45) is 7.66. The predicted octanol–water partition coefficient (Wildman–Crippen LogP) is 2.79. The highest BCUT2D eigenvalue weighted by molar-refractivity contribution is 7.99. The normalized spacial score (nSPS) is 16.9. The van der Waals surface area contributed by atoms with Crippen molar-refractivity contribution in [1.29, 1.82) is 0 Å². The standard InChI is InChI=1S/C12H16N2O2S/c13-10-7-14-11(6-9(10)12(15)16)17-8-4-2-1-3-5-8/h6-8H,1-5,13H2,(H,15,16). The van der Waals surface area contributed by atoms with Crippen LogP contribution in [-0.4, -0.2) is 21.3 Å². The van der Waals surface area contributed by atoms with Gasteiger partial charge >= 0.3 is 5.97 Å². The average molecular weight is 252 g/mol. The van der Waals surface area contributed by atoms with Crippen molar-refractivity contribution in [1.82, 2.24) is 4.98 Å². The number of aromatic nitrogens is 1. The van der Waals surface area contributed by atoms with Crippen LogP contribution in [0.15, 0.2) is 17.3 Å². The summed E-state index contributed by atoms with van der Waals surface area (Å²) < 4.78 is 0. The first-order valence-corrected chi connectivity index (χ1v) is 6.70. The number of thioether (sulfide) groups is 1. The van der Waals surface area contributed by atoms with Gasteiger partial charge in [-0.05, 0) is 18.9 Å². The number of nitrogen functional groups attached to an aromatic ring is 1. The highest BCUT2D eigenvalue weighted by Gasteiger charge is 2.17. The van der Waals surface area contributed by atoms with E-state index in [0.29, 0.717) is 5.25 Å². The molecule has 0 aliphatic heterocycles. The third kappa shape index (κ3) is 3.12. The van der Waals surface area contributed by atoms with Gasteiger partial charge in [-0.3, -0.25) is 0 Å². The summed E-state index contributed by atoms with van der Waals surface area (Å²) in [5, 5.41) is 10.3. The zero-order chi connectivity index (χ0) is 12.3. The molecule has 1 aliphatic rings. The molecule has 1 aliphatic carbocycles. The van der Waals surface area contributed by atoms with Gasteiger partial charge in [0, 0.05) is 5.25 Å². The fraction of sp³-hybridized carbons (Fsp3) is 0.500. The van der Waals surface area contributed by atoms with Crippen molar-refractivity contribution >= 4 is 23.4 Å². The maximum absolute atomic E-state index is 10.9. The molecule has 0 aromatic carbocycles. The van der Waals surface area contributed by atoms with E-state index in [2.05, 4.69) is 4.98 Å². The molecule has 92 valence electrons. The largest absolute Gasteiger partial charge is 0.478 e. The second-order valence-corrected chi connectivity index (χ2v) is 5.61. The Labute approximate surface area is 105 Å². The zero-order valence-electron chi connectivity index (χ0n) is 9.56. The number of anilines is 1. The van der Waals surface area contributed by atoms with Crippen molar-refractivity contribution in [3.05, 3.63) is 17.8 Å². The summed E-state index contributed by atoms with van der Waals surface area (Å²) in [6.45, 7) is 0. The van der Waals surface area contributed by atoms with E-state index in [4.69, 9.17) is 10.8 Å². The van der Waals surface area contributed by atoms with Crippen molar-refractivity contribution in [3.63, 3.8) is 0 Å². The summed E-state index contributed by atoms with van der Waals surface area (Å²) in [7, 11) is 0. The molecule has 0 atom stereocenters. The summed E-state index contributed by atoms with van der Waals surface area (Å²) in [4.78, 5) is 15.1. The fourth-order valence-corrected chi connectivity index (χ4v) is 3.26. The summed E-state index contributed by atoms with van der Waals surface area (Å²) in [5.74, 6) is -0.990. The van der Waals surface area contributed by atoms with E-state index in [0.717, 1.165) is 5.03 Å². The number of nitrogens with zero attached hydrogens (tertiary/aromatic N) is 1. The molecule has 0 bridgehead atoms. The molecule has 1 aromatic rings. The van der Waals surface area contributed by atoms with Gasteiger partial charge in [0.05, 0.1) is 22.5 Å². The third-order valence-corrected chi connectivity index (χ3v) is 4.25. The van der Waals surface area contributed by atoms with Gasteiger partial charge in [0.25, 0.3) is 0 Å². The van der Waals surface area contributed by atoms with Crippen molar-refractivity contribution < 1.29 is 9.90 Å². The van der Waals surface area contributed by atoms with E-state index in [9.17, 15) is 4.79 Å². The topological polar surface area (TPSA) is 76.2 Å². The van der Waals surface area contributed by atoms with Crippen LogP contribution in [0.5, 0.6) is 0 Å². The van der Waals surface area contributed by atoms with Crippen LogP contribution in [0.3, 0.4) is 0 Å². The quantitative estimate of drug-likeness (QED) is 0.865. The molecule has 0 unspecified atom stereocenters. The molecule has 1 fully saturated rings. The first-order valence-electron chi connectivity index (χ1n) is 5.82. The Morgan fingerprint density at radius 1 is 1.41 bits per heavy atom. The number of carboxylic acid groups (broad SMARTS) is 1. The van der Waals surface area contributed by atoms with E-state index in [-0.39, 0.29) is 11.3 Å². The van der Waals surface area contributed by atoms with Crippen LogP contribution < -0.4 is 5.73 Å². The monoisotopic (exact) mass is 252 g/mol. The van der Waals surface area contributed by atoms with Crippen LogP contribution in [0.2, 0.25) is 0 Å². The number of carboxylic acids is 1. The van der Waals surface area contributed by atoms with E-state index in [1.807, 2.05) is 0 Å². The first-order chi connectivity index (χ1) is 8.16. The molecule has 2 rings (SSSR count). The minimum atomic E-state index is -0.990. The molecule has 0 amide bonds. The number of rotatable bonds is 3. The van der Waals surface area contributed by atoms with Gasteiger partial charge in [-0.1, -0.05) is 19.3 Å². The van der Waals surface area contributed by atoms with Crippen LogP contribution in [0.25, 0.3) is 0 Å². The Balaban J connectivity index is 2.10. The molecular weight excluding hydrogens is 236 g/mol. The highest BCUT2D eigenvalue weighted by atomic mass is 32.2. The Bertz CT molecular complexity index is 417. The van der Waals surface area contributed by atoms with Crippen molar-refractivity contribution in [3.8, 4) is 0 Å². The molecule has 0 radical (unpaired) electrons. The number of aromatic carboxylic acids is 1. The fourth-order valence-electron chi connectivity index (χ4n) is 2.05. The number of pyridine rings is 1. The smallest absolute Gasteiger partial charge is 0.337 e. The number of nitrogens with two attached hydrogens (primary N) is 1. The molecule has 0 saturated heterocycles. The molecule has 1 heterocycles. The Morgan fingerprint density at radius 2 is 2.12 bits per heavy atom. The summed E-state index contributed by atoms with van der Waals surface area (Å²) in [5.41, 5.74) is 5.95. The van der Waals surface area contributed by atoms with Crippen LogP contribution >= 0.6 is 11.8 Å². The van der Waals surface area contributed by atoms with Crippen molar-refractivity contribution in [2.75, 3.05) is 5.73 Å². The van der Waals surface area contributed by atoms with E-state index in [1.54, 1.807) is 17.8 Å². The minimum Gasteiger partial charge on any atom is -0.478 e. The van der Waals surface area contributed by atoms with Crippen LogP contribution in [-0.2, 0) is 0 Å². The molecule has 0 spiro atoms. The minimum absolute atomic E-state index is 0.151. The Hall–Kier alpha value is -1.23. The average Bonchev–Trinajstić information content (AvgIpc) is 2.32. The van der Waals surface area contributed by atoms with Crippen molar-refractivity contribution in [2.24, 2.45) is 0 Å². The highest BCUT2D eigenvalue weighted by Crippen LogP contribution is 2.33. The lowest BCUT2D eigenvalue weighted by Crippen LogP contribution is -2.09. The molecular formula is C12H16N2O2S. The second-order valence-electron chi connectivity index (χ2n) is 4.29. The summed E-state index contributed by atoms with van der Waals surface area (Å²) >= 11 is 1.67. The molecule has 3 N–H and O–H groups in total. The maximum atomic E-state index is 10.9. The van der Waals surface area contributed by atoms with Gasteiger partial charge in [0.15, 0.2) is 0 Å². The molecule has 4 nitrogen and oxygen atoms in total. The van der Waals surface area contributed by atoms with Gasteiger partial charge in [0.2, 0.25) is 0 Å². The van der Waals surface area contributed by atoms with Crippen molar-refractivity contribution in [2.45, 2.75) is 42.4 Å². The molecule has 1 saturated carbocycles.